The Hall–Kier alpha value is -0.960. The van der Waals surface area contributed by atoms with Crippen LogP contribution in [0, 0.1) is 12.8 Å². The molecule has 2 atom stereocenters. The van der Waals surface area contributed by atoms with Crippen LogP contribution in [0.2, 0.25) is 0 Å². The normalized spacial score (nSPS) is 24.8. The van der Waals surface area contributed by atoms with Gasteiger partial charge in [-0.25, -0.2) is 0 Å². The highest BCUT2D eigenvalue weighted by Gasteiger charge is 2.22. The van der Waals surface area contributed by atoms with Crippen LogP contribution in [0.4, 0.5) is 0 Å². The smallest absolute Gasteiger partial charge is 0.0724 e. The van der Waals surface area contributed by atoms with Crippen molar-refractivity contribution in [2.45, 2.75) is 58.5 Å². The second-order valence-corrected chi connectivity index (χ2v) is 5.09. The number of nitrogens with one attached hydrogen (secondary N) is 1. The highest BCUT2D eigenvalue weighted by atomic mass is 14.9. The monoisotopic (exact) mass is 233 g/mol. The first kappa shape index (κ1) is 12.5. The Kier molecular flexibility index (Phi) is 4.49. The molecule has 1 aromatic rings. The summed E-state index contributed by atoms with van der Waals surface area (Å²) in [6.45, 7) is 5.13. The van der Waals surface area contributed by atoms with Crippen LogP contribution in [0.1, 0.15) is 50.4 Å². The van der Waals surface area contributed by atoms with E-state index in [2.05, 4.69) is 22.2 Å². The first-order valence-corrected chi connectivity index (χ1v) is 6.80. The summed E-state index contributed by atoms with van der Waals surface area (Å²) in [5, 5.41) is 3.66. The minimum atomic E-state index is 0.678. The van der Waals surface area contributed by atoms with Crippen LogP contribution in [0.5, 0.6) is 0 Å². The lowest BCUT2D eigenvalue weighted by Gasteiger charge is -2.31. The second kappa shape index (κ2) is 6.10. The standard InChI is InChI=1S/C14H23N3/c1-3-12-6-4-5-7-14(12)17-10-13-9-15-11(2)8-16-13/h8-9,12,14,17H,3-7,10H2,1-2H3. The third kappa shape index (κ3) is 3.50. The first-order chi connectivity index (χ1) is 8.29. The van der Waals surface area contributed by atoms with E-state index in [4.69, 9.17) is 0 Å². The van der Waals surface area contributed by atoms with Crippen molar-refractivity contribution in [1.82, 2.24) is 15.3 Å². The Morgan fingerprint density at radius 1 is 1.24 bits per heavy atom. The van der Waals surface area contributed by atoms with E-state index in [0.717, 1.165) is 23.9 Å². The molecule has 3 heteroatoms. The van der Waals surface area contributed by atoms with Crippen LogP contribution < -0.4 is 5.32 Å². The van der Waals surface area contributed by atoms with Crippen molar-refractivity contribution in [1.29, 1.82) is 0 Å². The lowest BCUT2D eigenvalue weighted by molar-refractivity contribution is 0.253. The van der Waals surface area contributed by atoms with Crippen molar-refractivity contribution in [3.63, 3.8) is 0 Å². The van der Waals surface area contributed by atoms with Crippen molar-refractivity contribution in [3.05, 3.63) is 23.8 Å². The first-order valence-electron chi connectivity index (χ1n) is 6.80. The van der Waals surface area contributed by atoms with E-state index in [1.54, 1.807) is 0 Å². The van der Waals surface area contributed by atoms with E-state index in [-0.39, 0.29) is 0 Å². The molecule has 1 aliphatic rings. The molecule has 0 saturated heterocycles. The van der Waals surface area contributed by atoms with Gasteiger partial charge in [-0.2, -0.15) is 0 Å². The highest BCUT2D eigenvalue weighted by Crippen LogP contribution is 2.26. The van der Waals surface area contributed by atoms with Crippen LogP contribution in [0.15, 0.2) is 12.4 Å². The maximum Gasteiger partial charge on any atom is 0.0724 e. The Bertz CT molecular complexity index is 334. The van der Waals surface area contributed by atoms with Crippen LogP contribution in [0.25, 0.3) is 0 Å². The fourth-order valence-corrected chi connectivity index (χ4v) is 2.71. The molecule has 1 saturated carbocycles. The Labute approximate surface area is 104 Å². The minimum absolute atomic E-state index is 0.678. The van der Waals surface area contributed by atoms with Crippen molar-refractivity contribution in [2.75, 3.05) is 0 Å². The zero-order chi connectivity index (χ0) is 12.1. The molecule has 1 N–H and O–H groups in total. The molecule has 0 bridgehead atoms. The molecule has 94 valence electrons. The van der Waals surface area contributed by atoms with Crippen molar-refractivity contribution < 1.29 is 0 Å². The molecule has 1 aliphatic carbocycles. The van der Waals surface area contributed by atoms with Gasteiger partial charge < -0.3 is 5.32 Å². The molecule has 1 aromatic heterocycles. The van der Waals surface area contributed by atoms with E-state index >= 15 is 0 Å². The number of aryl methyl sites for hydroxylation is 1. The summed E-state index contributed by atoms with van der Waals surface area (Å²) in [6, 6.07) is 0.678. The van der Waals surface area contributed by atoms with E-state index in [9.17, 15) is 0 Å². The van der Waals surface area contributed by atoms with Crippen LogP contribution in [-0.4, -0.2) is 16.0 Å². The van der Waals surface area contributed by atoms with Gasteiger partial charge in [-0.15, -0.1) is 0 Å². The van der Waals surface area contributed by atoms with Gasteiger partial charge in [0.15, 0.2) is 0 Å². The third-order valence-electron chi connectivity index (χ3n) is 3.81. The van der Waals surface area contributed by atoms with E-state index in [1.807, 2.05) is 19.3 Å². The molecule has 0 aromatic carbocycles. The van der Waals surface area contributed by atoms with Gasteiger partial charge in [0.1, 0.15) is 0 Å². The molecular formula is C14H23N3. The van der Waals surface area contributed by atoms with Gasteiger partial charge in [0.25, 0.3) is 0 Å². The van der Waals surface area contributed by atoms with Gasteiger partial charge in [-0.05, 0) is 25.7 Å². The van der Waals surface area contributed by atoms with Crippen molar-refractivity contribution >= 4 is 0 Å². The number of aromatic nitrogens is 2. The molecule has 0 amide bonds. The van der Waals surface area contributed by atoms with Gasteiger partial charge in [0, 0.05) is 25.0 Å². The zero-order valence-corrected chi connectivity index (χ0v) is 10.9. The summed E-state index contributed by atoms with van der Waals surface area (Å²) in [5.41, 5.74) is 2.04. The highest BCUT2D eigenvalue weighted by molar-refractivity contribution is 5.00. The molecule has 17 heavy (non-hydrogen) atoms. The lowest BCUT2D eigenvalue weighted by atomic mass is 9.83. The summed E-state index contributed by atoms with van der Waals surface area (Å²) in [5.74, 6) is 0.849. The van der Waals surface area contributed by atoms with E-state index < -0.39 is 0 Å². The molecule has 2 unspecified atom stereocenters. The molecule has 3 nitrogen and oxygen atoms in total. The number of nitrogens with zero attached hydrogens (tertiary/aromatic N) is 2. The summed E-state index contributed by atoms with van der Waals surface area (Å²) in [6.07, 6.45) is 10.5. The molecule has 1 fully saturated rings. The van der Waals surface area contributed by atoms with Gasteiger partial charge in [0.05, 0.1) is 11.4 Å². The number of hydrogen-bond donors (Lipinski definition) is 1. The molecule has 0 aliphatic heterocycles. The minimum Gasteiger partial charge on any atom is -0.308 e. The van der Waals surface area contributed by atoms with Crippen LogP contribution in [0.3, 0.4) is 0 Å². The van der Waals surface area contributed by atoms with Gasteiger partial charge >= 0.3 is 0 Å². The molecule has 0 spiro atoms. The number of hydrogen-bond acceptors (Lipinski definition) is 3. The largest absolute Gasteiger partial charge is 0.308 e. The maximum absolute atomic E-state index is 4.39. The third-order valence-corrected chi connectivity index (χ3v) is 3.81. The second-order valence-electron chi connectivity index (χ2n) is 5.09. The fraction of sp³-hybridized carbons (Fsp3) is 0.714. The van der Waals surface area contributed by atoms with Crippen LogP contribution in [-0.2, 0) is 6.54 Å². The van der Waals surface area contributed by atoms with E-state index in [1.165, 1.54) is 32.1 Å². The molecule has 2 rings (SSSR count). The fourth-order valence-electron chi connectivity index (χ4n) is 2.71. The Morgan fingerprint density at radius 2 is 2.06 bits per heavy atom. The topological polar surface area (TPSA) is 37.8 Å². The molecular weight excluding hydrogens is 210 g/mol. The average Bonchev–Trinajstić information content (AvgIpc) is 2.38. The summed E-state index contributed by atoms with van der Waals surface area (Å²) in [4.78, 5) is 8.67. The van der Waals surface area contributed by atoms with Gasteiger partial charge in [0.2, 0.25) is 0 Å². The predicted molar refractivity (Wildman–Crippen MR) is 69.6 cm³/mol. The van der Waals surface area contributed by atoms with Gasteiger partial charge in [-0.1, -0.05) is 26.2 Å². The van der Waals surface area contributed by atoms with Crippen LogP contribution >= 0.6 is 0 Å². The Balaban J connectivity index is 1.86. The molecule has 1 heterocycles. The van der Waals surface area contributed by atoms with Crippen molar-refractivity contribution in [3.8, 4) is 0 Å². The zero-order valence-electron chi connectivity index (χ0n) is 10.9. The SMILES string of the molecule is CCC1CCCCC1NCc1cnc(C)cn1. The maximum atomic E-state index is 4.39. The summed E-state index contributed by atoms with van der Waals surface area (Å²) < 4.78 is 0. The summed E-state index contributed by atoms with van der Waals surface area (Å²) in [7, 11) is 0. The van der Waals surface area contributed by atoms with E-state index in [0.29, 0.717) is 6.04 Å². The summed E-state index contributed by atoms with van der Waals surface area (Å²) >= 11 is 0. The quantitative estimate of drug-likeness (QED) is 0.869. The average molecular weight is 233 g/mol. The van der Waals surface area contributed by atoms with Gasteiger partial charge in [-0.3, -0.25) is 9.97 Å². The molecule has 0 radical (unpaired) electrons. The number of rotatable bonds is 4. The van der Waals surface area contributed by atoms with Crippen molar-refractivity contribution in [2.24, 2.45) is 5.92 Å². The Morgan fingerprint density at radius 3 is 2.76 bits per heavy atom. The lowest BCUT2D eigenvalue weighted by Crippen LogP contribution is -2.38. The predicted octanol–water partition coefficient (Wildman–Crippen LogP) is 2.84.